The lowest BCUT2D eigenvalue weighted by Crippen LogP contribution is -2.53. The third-order valence-electron chi connectivity index (χ3n) is 5.40. The van der Waals surface area contributed by atoms with E-state index in [9.17, 15) is 4.79 Å². The normalized spacial score (nSPS) is 20.3. The van der Waals surface area contributed by atoms with Gasteiger partial charge in [-0.25, -0.2) is 4.98 Å². The van der Waals surface area contributed by atoms with Crippen LogP contribution in [-0.2, 0) is 12.0 Å². The summed E-state index contributed by atoms with van der Waals surface area (Å²) in [4.78, 5) is 17.4. The number of pyridine rings is 1. The van der Waals surface area contributed by atoms with Crippen molar-refractivity contribution in [2.75, 3.05) is 12.3 Å². The molecule has 1 spiro atoms. The molecule has 0 unspecified atom stereocenters. The minimum atomic E-state index is -0.551. The molecule has 142 valence electrons. The first-order valence-electron chi connectivity index (χ1n) is 9.03. The Morgan fingerprint density at radius 1 is 1.32 bits per heavy atom. The molecule has 8 heteroatoms. The van der Waals surface area contributed by atoms with Crippen LogP contribution in [0.1, 0.15) is 33.6 Å². The third kappa shape index (κ3) is 2.51. The van der Waals surface area contributed by atoms with Gasteiger partial charge in [0.05, 0.1) is 17.8 Å². The van der Waals surface area contributed by atoms with Crippen LogP contribution in [0.25, 0.3) is 5.82 Å². The van der Waals surface area contributed by atoms with Crippen molar-refractivity contribution in [3.63, 3.8) is 0 Å². The van der Waals surface area contributed by atoms with E-state index in [1.54, 1.807) is 10.9 Å². The Bertz CT molecular complexity index is 1110. The number of fused-ring (bicyclic) bond motifs is 3. The van der Waals surface area contributed by atoms with Crippen LogP contribution in [0.5, 0.6) is 5.75 Å². The van der Waals surface area contributed by atoms with Crippen LogP contribution in [0.15, 0.2) is 41.0 Å². The first kappa shape index (κ1) is 17.2. The third-order valence-corrected chi connectivity index (χ3v) is 5.89. The van der Waals surface area contributed by atoms with E-state index in [2.05, 4.69) is 31.3 Å². The van der Waals surface area contributed by atoms with Gasteiger partial charge in [0.15, 0.2) is 5.82 Å². The Kier molecular flexibility index (Phi) is 3.74. The molecule has 0 saturated carbocycles. The minimum absolute atomic E-state index is 0.215. The molecule has 1 aromatic carbocycles. The number of benzene rings is 1. The summed E-state index contributed by atoms with van der Waals surface area (Å²) in [7, 11) is 0. The van der Waals surface area contributed by atoms with E-state index in [4.69, 9.17) is 10.5 Å². The number of nitrogen functional groups attached to an aromatic ring is 1. The summed E-state index contributed by atoms with van der Waals surface area (Å²) in [5.74, 6) is 1.46. The lowest BCUT2D eigenvalue weighted by Gasteiger charge is -2.41. The van der Waals surface area contributed by atoms with Crippen LogP contribution in [-0.4, -0.2) is 27.3 Å². The highest BCUT2D eigenvalue weighted by molar-refractivity contribution is 9.10. The molecule has 0 radical (unpaired) electrons. The van der Waals surface area contributed by atoms with E-state index < -0.39 is 5.54 Å². The van der Waals surface area contributed by atoms with Crippen molar-refractivity contribution in [3.05, 3.63) is 63.4 Å². The highest BCUT2D eigenvalue weighted by atomic mass is 79.9. The maximum absolute atomic E-state index is 13.0. The number of nitrogens with two attached hydrogens (primary N) is 1. The number of hydrogen-bond acceptors (Lipinski definition) is 5. The number of nitrogens with one attached hydrogen (secondary N) is 1. The number of carbonyl (C=O) groups is 1. The summed E-state index contributed by atoms with van der Waals surface area (Å²) in [6.07, 6.45) is 2.97. The fourth-order valence-electron chi connectivity index (χ4n) is 4.01. The maximum atomic E-state index is 13.0. The van der Waals surface area contributed by atoms with E-state index in [-0.39, 0.29) is 5.91 Å². The van der Waals surface area contributed by atoms with Gasteiger partial charge in [-0.3, -0.25) is 4.79 Å². The number of aryl methyl sites for hydroxylation is 1. The Labute approximate surface area is 170 Å². The smallest absolute Gasteiger partial charge is 0.257 e. The molecular weight excluding hydrogens is 422 g/mol. The van der Waals surface area contributed by atoms with E-state index >= 15 is 0 Å². The molecule has 1 atom stereocenters. The largest absolute Gasteiger partial charge is 0.493 e. The second-order valence-electron chi connectivity index (χ2n) is 7.26. The van der Waals surface area contributed by atoms with Crippen LogP contribution in [0.3, 0.4) is 0 Å². The Morgan fingerprint density at radius 2 is 2.18 bits per heavy atom. The van der Waals surface area contributed by atoms with Gasteiger partial charge in [0, 0.05) is 29.1 Å². The average Bonchev–Trinajstić information content (AvgIpc) is 2.99. The summed E-state index contributed by atoms with van der Waals surface area (Å²) < 4.78 is 8.30. The molecule has 28 heavy (non-hydrogen) atoms. The first-order chi connectivity index (χ1) is 13.5. The summed E-state index contributed by atoms with van der Waals surface area (Å²) in [6.45, 7) is 2.49. The van der Waals surface area contributed by atoms with Gasteiger partial charge in [0.2, 0.25) is 0 Å². The van der Waals surface area contributed by atoms with Crippen LogP contribution in [0.2, 0.25) is 0 Å². The zero-order chi connectivity index (χ0) is 19.5. The predicted octanol–water partition coefficient (Wildman–Crippen LogP) is 2.88. The Morgan fingerprint density at radius 3 is 2.96 bits per heavy atom. The van der Waals surface area contributed by atoms with Gasteiger partial charge < -0.3 is 15.8 Å². The second-order valence-corrected chi connectivity index (χ2v) is 8.18. The van der Waals surface area contributed by atoms with Crippen LogP contribution >= 0.6 is 15.9 Å². The number of amides is 1. The number of rotatable bonds is 1. The predicted molar refractivity (Wildman–Crippen MR) is 108 cm³/mol. The summed E-state index contributed by atoms with van der Waals surface area (Å²) in [5, 5.41) is 7.85. The number of hydrogen-bond donors (Lipinski definition) is 2. The molecule has 2 aliphatic rings. The number of anilines is 1. The summed E-state index contributed by atoms with van der Waals surface area (Å²) in [6, 6.07) is 9.67. The van der Waals surface area contributed by atoms with Crippen molar-refractivity contribution < 1.29 is 9.53 Å². The van der Waals surface area contributed by atoms with Gasteiger partial charge in [0.1, 0.15) is 17.1 Å². The van der Waals surface area contributed by atoms with Gasteiger partial charge in [-0.2, -0.15) is 9.78 Å². The highest BCUT2D eigenvalue weighted by Gasteiger charge is 2.45. The summed E-state index contributed by atoms with van der Waals surface area (Å²) >= 11 is 3.48. The Hall–Kier alpha value is -2.87. The van der Waals surface area contributed by atoms with Gasteiger partial charge >= 0.3 is 0 Å². The molecular formula is C20H18BrN5O2. The number of carbonyl (C=O) groups excluding carboxylic acids is 1. The zero-order valence-electron chi connectivity index (χ0n) is 15.2. The van der Waals surface area contributed by atoms with Crippen LogP contribution in [0.4, 0.5) is 5.82 Å². The molecule has 4 heterocycles. The second kappa shape index (κ2) is 6.07. The summed E-state index contributed by atoms with van der Waals surface area (Å²) in [5.41, 5.74) is 8.85. The zero-order valence-corrected chi connectivity index (χ0v) is 16.8. The average molecular weight is 440 g/mol. The lowest BCUT2D eigenvalue weighted by molar-refractivity contribution is 0.0830. The number of ether oxygens (including phenoxy) is 1. The number of aromatic nitrogens is 3. The molecule has 0 fully saturated rings. The molecule has 3 N–H and O–H groups in total. The van der Waals surface area contributed by atoms with E-state index in [0.29, 0.717) is 42.3 Å². The molecule has 3 aromatic rings. The number of halogens is 1. The van der Waals surface area contributed by atoms with E-state index in [1.165, 1.54) is 0 Å². The molecule has 0 bridgehead atoms. The van der Waals surface area contributed by atoms with E-state index in [1.807, 2.05) is 37.3 Å². The van der Waals surface area contributed by atoms with Crippen molar-refractivity contribution in [1.82, 2.24) is 20.1 Å². The van der Waals surface area contributed by atoms with Crippen LogP contribution < -0.4 is 15.8 Å². The fraction of sp³-hybridized carbons (Fsp3) is 0.250. The van der Waals surface area contributed by atoms with Gasteiger partial charge in [-0.15, -0.1) is 0 Å². The monoisotopic (exact) mass is 439 g/mol. The molecule has 0 saturated heterocycles. The highest BCUT2D eigenvalue weighted by Crippen LogP contribution is 2.43. The topological polar surface area (TPSA) is 95.1 Å². The van der Waals surface area contributed by atoms with Crippen LogP contribution in [0, 0.1) is 6.92 Å². The lowest BCUT2D eigenvalue weighted by atomic mass is 9.77. The number of nitrogens with zero attached hydrogens (tertiary/aromatic N) is 3. The quantitative estimate of drug-likeness (QED) is 0.607. The molecule has 2 aliphatic heterocycles. The standard InChI is InChI=1S/C20H18BrN5O2/c1-11-2-5-16(23-10-11)26-18(22)17-14(25-26)9-20(24-19(17)27)6-7-28-15-8-12(21)3-4-13(15)20/h2-5,8,10H,6-7,9,22H2,1H3,(H,24,27)/t20-/m0/s1. The van der Waals surface area contributed by atoms with Crippen molar-refractivity contribution in [1.29, 1.82) is 0 Å². The van der Waals surface area contributed by atoms with E-state index in [0.717, 1.165) is 21.3 Å². The SMILES string of the molecule is Cc1ccc(-n2nc3c(c2N)C(=O)N[C@@]2(CCOc4cc(Br)ccc42)C3)nc1. The van der Waals surface area contributed by atoms with Crippen molar-refractivity contribution >= 4 is 27.7 Å². The fourth-order valence-corrected chi connectivity index (χ4v) is 4.35. The van der Waals surface area contributed by atoms with Crippen molar-refractivity contribution in [3.8, 4) is 11.6 Å². The molecule has 0 aliphatic carbocycles. The molecule has 1 amide bonds. The minimum Gasteiger partial charge on any atom is -0.493 e. The van der Waals surface area contributed by atoms with Crippen molar-refractivity contribution in [2.45, 2.75) is 25.3 Å². The van der Waals surface area contributed by atoms with Gasteiger partial charge in [-0.1, -0.05) is 28.1 Å². The molecule has 7 nitrogen and oxygen atoms in total. The first-order valence-corrected chi connectivity index (χ1v) is 9.82. The molecule has 2 aromatic heterocycles. The molecule has 5 rings (SSSR count). The maximum Gasteiger partial charge on any atom is 0.257 e. The van der Waals surface area contributed by atoms with Crippen molar-refractivity contribution in [2.24, 2.45) is 0 Å². The Balaban J connectivity index is 1.62. The van der Waals surface area contributed by atoms with Gasteiger partial charge in [-0.05, 0) is 30.7 Å². The van der Waals surface area contributed by atoms with Gasteiger partial charge in [0.25, 0.3) is 5.91 Å².